The zero-order chi connectivity index (χ0) is 10.7. The minimum absolute atomic E-state index is 0.418. The first kappa shape index (κ1) is 11.1. The molecule has 0 spiro atoms. The van der Waals surface area contributed by atoms with E-state index in [1.54, 1.807) is 0 Å². The van der Waals surface area contributed by atoms with Crippen molar-refractivity contribution in [3.8, 4) is 0 Å². The predicted octanol–water partition coefficient (Wildman–Crippen LogP) is 2.62. The summed E-state index contributed by atoms with van der Waals surface area (Å²) < 4.78 is 0. The highest BCUT2D eigenvalue weighted by Crippen LogP contribution is 2.34. The maximum atomic E-state index is 11.5. The first-order valence-electron chi connectivity index (χ1n) is 6.57. The number of likely N-dealkylation sites (tertiary alicyclic amines) is 1. The molecule has 0 aromatic carbocycles. The molecule has 15 heavy (non-hydrogen) atoms. The molecular formula is C13H23NO. The van der Waals surface area contributed by atoms with Gasteiger partial charge in [-0.2, -0.15) is 0 Å². The van der Waals surface area contributed by atoms with Crippen molar-refractivity contribution in [1.29, 1.82) is 0 Å². The van der Waals surface area contributed by atoms with E-state index in [0.717, 1.165) is 25.0 Å². The van der Waals surface area contributed by atoms with Crippen LogP contribution in [0.2, 0.25) is 0 Å². The van der Waals surface area contributed by atoms with Crippen LogP contribution in [0.15, 0.2) is 0 Å². The fourth-order valence-electron chi connectivity index (χ4n) is 3.26. The average Bonchev–Trinajstić information content (AvgIpc) is 2.29. The number of fused-ring (bicyclic) bond motifs is 1. The Bertz CT molecular complexity index is 225. The Morgan fingerprint density at radius 3 is 2.73 bits per heavy atom. The lowest BCUT2D eigenvalue weighted by molar-refractivity contribution is -0.121. The van der Waals surface area contributed by atoms with E-state index in [4.69, 9.17) is 0 Å². The monoisotopic (exact) mass is 209 g/mol. The molecular weight excluding hydrogens is 186 g/mol. The van der Waals surface area contributed by atoms with E-state index in [1.165, 1.54) is 38.5 Å². The van der Waals surface area contributed by atoms with Gasteiger partial charge in [0.15, 0.2) is 0 Å². The molecule has 1 saturated heterocycles. The van der Waals surface area contributed by atoms with Crippen LogP contribution >= 0.6 is 0 Å². The first-order chi connectivity index (χ1) is 7.31. The largest absolute Gasteiger partial charge is 0.298 e. The van der Waals surface area contributed by atoms with Crippen LogP contribution in [0.5, 0.6) is 0 Å². The van der Waals surface area contributed by atoms with Gasteiger partial charge in [0.05, 0.1) is 6.54 Å². The summed E-state index contributed by atoms with van der Waals surface area (Å²) in [5.74, 6) is 1.32. The summed E-state index contributed by atoms with van der Waals surface area (Å²) >= 11 is 0. The van der Waals surface area contributed by atoms with Gasteiger partial charge in [0.1, 0.15) is 5.78 Å². The van der Waals surface area contributed by atoms with Crippen LogP contribution in [0.3, 0.4) is 0 Å². The molecule has 0 unspecified atom stereocenters. The van der Waals surface area contributed by atoms with E-state index >= 15 is 0 Å². The zero-order valence-corrected chi connectivity index (χ0v) is 9.87. The normalized spacial score (nSPS) is 32.3. The number of nitrogens with zero attached hydrogens (tertiary/aromatic N) is 1. The summed E-state index contributed by atoms with van der Waals surface area (Å²) in [4.78, 5) is 14.0. The highest BCUT2D eigenvalue weighted by molar-refractivity contribution is 5.80. The Balaban J connectivity index is 1.94. The van der Waals surface area contributed by atoms with Crippen molar-refractivity contribution in [2.24, 2.45) is 5.92 Å². The highest BCUT2D eigenvalue weighted by atomic mass is 16.1. The van der Waals surface area contributed by atoms with Crippen LogP contribution in [0.4, 0.5) is 0 Å². The van der Waals surface area contributed by atoms with Crippen LogP contribution in [0, 0.1) is 5.92 Å². The Hall–Kier alpha value is -0.370. The van der Waals surface area contributed by atoms with Gasteiger partial charge in [-0.1, -0.05) is 19.8 Å². The van der Waals surface area contributed by atoms with Gasteiger partial charge < -0.3 is 0 Å². The SMILES string of the molecule is CCC(=O)CN1CCC[C@H]2CCCC[C@H]21. The smallest absolute Gasteiger partial charge is 0.146 e. The van der Waals surface area contributed by atoms with Gasteiger partial charge in [-0.05, 0) is 38.1 Å². The Morgan fingerprint density at radius 1 is 1.20 bits per heavy atom. The highest BCUT2D eigenvalue weighted by Gasteiger charge is 2.33. The summed E-state index contributed by atoms with van der Waals surface area (Å²) in [7, 11) is 0. The molecule has 0 aromatic rings. The minimum Gasteiger partial charge on any atom is -0.298 e. The Kier molecular flexibility index (Phi) is 3.79. The van der Waals surface area contributed by atoms with Gasteiger partial charge in [-0.15, -0.1) is 0 Å². The van der Waals surface area contributed by atoms with E-state index in [9.17, 15) is 4.79 Å². The summed E-state index contributed by atoms with van der Waals surface area (Å²) in [6.07, 6.45) is 8.94. The Morgan fingerprint density at radius 2 is 1.93 bits per heavy atom. The molecule has 2 aliphatic rings. The molecule has 2 heteroatoms. The lowest BCUT2D eigenvalue weighted by atomic mass is 9.78. The second-order valence-electron chi connectivity index (χ2n) is 5.12. The number of piperidine rings is 1. The molecule has 2 atom stereocenters. The standard InChI is InChI=1S/C13H23NO/c1-2-12(15)10-14-9-5-7-11-6-3-4-8-13(11)14/h11,13H,2-10H2,1H3/t11-,13-/m1/s1. The third kappa shape index (κ3) is 2.60. The average molecular weight is 209 g/mol. The van der Waals surface area contributed by atoms with E-state index in [-0.39, 0.29) is 0 Å². The van der Waals surface area contributed by atoms with Gasteiger partial charge in [0.25, 0.3) is 0 Å². The predicted molar refractivity (Wildman–Crippen MR) is 61.9 cm³/mol. The molecule has 0 bridgehead atoms. The summed E-state index contributed by atoms with van der Waals surface area (Å²) in [6, 6.07) is 0.739. The molecule has 86 valence electrons. The molecule has 0 radical (unpaired) electrons. The third-order valence-corrected chi connectivity index (χ3v) is 4.13. The molecule has 1 aliphatic heterocycles. The maximum Gasteiger partial charge on any atom is 0.146 e. The zero-order valence-electron chi connectivity index (χ0n) is 9.87. The molecule has 2 fully saturated rings. The van der Waals surface area contributed by atoms with E-state index in [2.05, 4.69) is 4.90 Å². The van der Waals surface area contributed by atoms with Gasteiger partial charge in [0, 0.05) is 12.5 Å². The molecule has 2 rings (SSSR count). The van der Waals surface area contributed by atoms with Gasteiger partial charge in [0.2, 0.25) is 0 Å². The van der Waals surface area contributed by atoms with Crippen molar-refractivity contribution in [1.82, 2.24) is 4.90 Å². The number of ketones is 1. The number of carbonyl (C=O) groups is 1. The summed E-state index contributed by atoms with van der Waals surface area (Å²) in [5, 5.41) is 0. The van der Waals surface area contributed by atoms with Crippen molar-refractivity contribution in [2.45, 2.75) is 57.9 Å². The van der Waals surface area contributed by atoms with Crippen LogP contribution in [0.1, 0.15) is 51.9 Å². The van der Waals surface area contributed by atoms with E-state index in [1.807, 2.05) is 6.92 Å². The number of hydrogen-bond donors (Lipinski definition) is 0. The van der Waals surface area contributed by atoms with E-state index in [0.29, 0.717) is 12.2 Å². The van der Waals surface area contributed by atoms with Crippen molar-refractivity contribution in [2.75, 3.05) is 13.1 Å². The summed E-state index contributed by atoms with van der Waals surface area (Å²) in [5.41, 5.74) is 0. The first-order valence-corrected chi connectivity index (χ1v) is 6.57. The molecule has 0 aromatic heterocycles. The molecule has 2 nitrogen and oxygen atoms in total. The van der Waals surface area contributed by atoms with Crippen LogP contribution in [-0.4, -0.2) is 29.8 Å². The fraction of sp³-hybridized carbons (Fsp3) is 0.923. The molecule has 1 saturated carbocycles. The molecule has 1 heterocycles. The van der Waals surface area contributed by atoms with Crippen molar-refractivity contribution in [3.05, 3.63) is 0 Å². The number of carbonyl (C=O) groups excluding carboxylic acids is 1. The van der Waals surface area contributed by atoms with Gasteiger partial charge >= 0.3 is 0 Å². The van der Waals surface area contributed by atoms with Crippen LogP contribution in [0.25, 0.3) is 0 Å². The maximum absolute atomic E-state index is 11.5. The molecule has 1 aliphatic carbocycles. The number of hydrogen-bond acceptors (Lipinski definition) is 2. The van der Waals surface area contributed by atoms with Gasteiger partial charge in [-0.25, -0.2) is 0 Å². The minimum atomic E-state index is 0.418. The molecule has 0 amide bonds. The van der Waals surface area contributed by atoms with E-state index < -0.39 is 0 Å². The Labute approximate surface area is 93.0 Å². The van der Waals surface area contributed by atoms with Crippen molar-refractivity contribution >= 4 is 5.78 Å². The molecule has 0 N–H and O–H groups in total. The quantitative estimate of drug-likeness (QED) is 0.712. The van der Waals surface area contributed by atoms with Gasteiger partial charge in [-0.3, -0.25) is 9.69 Å². The third-order valence-electron chi connectivity index (χ3n) is 4.13. The second kappa shape index (κ2) is 5.11. The topological polar surface area (TPSA) is 20.3 Å². The van der Waals surface area contributed by atoms with Crippen molar-refractivity contribution in [3.63, 3.8) is 0 Å². The number of rotatable bonds is 3. The van der Waals surface area contributed by atoms with Crippen molar-refractivity contribution < 1.29 is 4.79 Å². The summed E-state index contributed by atoms with van der Waals surface area (Å²) in [6.45, 7) is 3.86. The number of Topliss-reactive ketones (excluding diaryl/α,β-unsaturated/α-hetero) is 1. The van der Waals surface area contributed by atoms with Crippen LogP contribution in [-0.2, 0) is 4.79 Å². The second-order valence-corrected chi connectivity index (χ2v) is 5.12. The lowest BCUT2D eigenvalue weighted by Crippen LogP contribution is -2.48. The van der Waals surface area contributed by atoms with Crippen LogP contribution < -0.4 is 0 Å². The lowest BCUT2D eigenvalue weighted by Gasteiger charge is -2.43. The fourth-order valence-corrected chi connectivity index (χ4v) is 3.26.